The van der Waals surface area contributed by atoms with Crippen LogP contribution in [-0.2, 0) is 22.7 Å². The van der Waals surface area contributed by atoms with Crippen LogP contribution in [0.3, 0.4) is 0 Å². The summed E-state index contributed by atoms with van der Waals surface area (Å²) in [6.45, 7) is 0.264. The number of rotatable bonds is 7. The number of para-hydroxylation sites is 3. The van der Waals surface area contributed by atoms with E-state index in [0.717, 1.165) is 22.5 Å². The maximum Gasteiger partial charge on any atom is 0.419 e. The number of benzene rings is 3. The molecule has 0 amide bonds. The minimum absolute atomic E-state index is 0.0525. The Bertz CT molecular complexity index is 1450. The first-order valence-corrected chi connectivity index (χ1v) is 10.6. The van der Waals surface area contributed by atoms with Gasteiger partial charge in [0.2, 0.25) is 0 Å². The summed E-state index contributed by atoms with van der Waals surface area (Å²) in [6.07, 6.45) is 1.93. The highest BCUT2D eigenvalue weighted by Crippen LogP contribution is 2.24. The van der Waals surface area contributed by atoms with Crippen LogP contribution in [0.25, 0.3) is 28.0 Å². The lowest BCUT2D eigenvalue weighted by Gasteiger charge is -2.06. The number of ether oxygens (including phenoxy) is 1. The van der Waals surface area contributed by atoms with Crippen LogP contribution in [0.15, 0.2) is 100 Å². The summed E-state index contributed by atoms with van der Waals surface area (Å²) in [6, 6.07) is 26.7. The van der Waals surface area contributed by atoms with Gasteiger partial charge in [0, 0.05) is 23.9 Å². The van der Waals surface area contributed by atoms with E-state index in [1.54, 1.807) is 22.9 Å². The molecule has 5 rings (SSSR count). The summed E-state index contributed by atoms with van der Waals surface area (Å²) in [7, 11) is 0. The van der Waals surface area contributed by atoms with Crippen molar-refractivity contribution in [3.05, 3.63) is 107 Å². The second kappa shape index (κ2) is 9.00. The zero-order valence-electron chi connectivity index (χ0n) is 17.8. The van der Waals surface area contributed by atoms with Crippen LogP contribution in [0.2, 0.25) is 0 Å². The van der Waals surface area contributed by atoms with Crippen molar-refractivity contribution in [1.82, 2.24) is 14.3 Å². The van der Waals surface area contributed by atoms with E-state index in [2.05, 4.69) is 0 Å². The van der Waals surface area contributed by atoms with Gasteiger partial charge in [0.25, 0.3) is 0 Å². The van der Waals surface area contributed by atoms with E-state index in [4.69, 9.17) is 14.3 Å². The maximum absolute atomic E-state index is 12.5. The molecule has 0 saturated carbocycles. The average molecular weight is 439 g/mol. The summed E-state index contributed by atoms with van der Waals surface area (Å²) < 4.78 is 14.0. The topological polar surface area (TPSA) is 79.3 Å². The van der Waals surface area contributed by atoms with Crippen molar-refractivity contribution in [2.45, 2.75) is 19.6 Å². The number of aryl methyl sites for hydroxylation is 1. The first-order valence-electron chi connectivity index (χ1n) is 10.6. The number of nitrogens with zero attached hydrogens (tertiary/aromatic N) is 3. The molecule has 0 atom stereocenters. The summed E-state index contributed by atoms with van der Waals surface area (Å²) >= 11 is 0. The molecule has 164 valence electrons. The third kappa shape index (κ3) is 4.34. The zero-order chi connectivity index (χ0) is 22.6. The zero-order valence-corrected chi connectivity index (χ0v) is 17.8. The molecule has 0 aliphatic rings. The molecule has 3 aromatic carbocycles. The first kappa shape index (κ1) is 20.5. The van der Waals surface area contributed by atoms with Crippen molar-refractivity contribution >= 4 is 17.1 Å². The highest BCUT2D eigenvalue weighted by molar-refractivity contribution is 5.73. The van der Waals surface area contributed by atoms with Crippen LogP contribution in [0.5, 0.6) is 0 Å². The van der Waals surface area contributed by atoms with Crippen molar-refractivity contribution in [1.29, 1.82) is 0 Å². The van der Waals surface area contributed by atoms with Crippen molar-refractivity contribution in [3.8, 4) is 16.9 Å². The Hall–Kier alpha value is -4.39. The Morgan fingerprint density at radius 1 is 0.909 bits per heavy atom. The number of fused-ring (bicyclic) bond motifs is 1. The van der Waals surface area contributed by atoms with Gasteiger partial charge in [0.05, 0.1) is 23.3 Å². The normalized spacial score (nSPS) is 11.0. The number of carbonyl (C=O) groups is 1. The van der Waals surface area contributed by atoms with Crippen molar-refractivity contribution in [2.24, 2.45) is 0 Å². The Morgan fingerprint density at radius 3 is 2.39 bits per heavy atom. The fourth-order valence-corrected chi connectivity index (χ4v) is 3.73. The Balaban J connectivity index is 1.32. The molecule has 0 aliphatic heterocycles. The van der Waals surface area contributed by atoms with E-state index in [-0.39, 0.29) is 19.6 Å². The smallest absolute Gasteiger partial charge is 0.419 e. The van der Waals surface area contributed by atoms with Crippen molar-refractivity contribution < 1.29 is 13.9 Å². The minimum Gasteiger partial charge on any atom is -0.461 e. The van der Waals surface area contributed by atoms with E-state index in [1.807, 2.05) is 72.9 Å². The molecule has 7 nitrogen and oxygen atoms in total. The average Bonchev–Trinajstić information content (AvgIpc) is 3.43. The first-order chi connectivity index (χ1) is 16.2. The molecular formula is C26H21N3O4. The number of hydrogen-bond donors (Lipinski definition) is 0. The van der Waals surface area contributed by atoms with Crippen LogP contribution < -0.4 is 5.76 Å². The molecule has 7 heteroatoms. The van der Waals surface area contributed by atoms with E-state index in [9.17, 15) is 9.59 Å². The Labute approximate surface area is 189 Å². The third-order valence-corrected chi connectivity index (χ3v) is 5.36. The van der Waals surface area contributed by atoms with Gasteiger partial charge in [0.15, 0.2) is 5.58 Å². The van der Waals surface area contributed by atoms with Gasteiger partial charge in [-0.2, -0.15) is 5.10 Å². The van der Waals surface area contributed by atoms with E-state index < -0.39 is 11.7 Å². The highest BCUT2D eigenvalue weighted by atomic mass is 16.5. The van der Waals surface area contributed by atoms with Gasteiger partial charge in [-0.1, -0.05) is 60.7 Å². The number of hydrogen-bond acceptors (Lipinski definition) is 5. The molecular weight excluding hydrogens is 418 g/mol. The number of aromatic nitrogens is 3. The molecule has 0 aliphatic carbocycles. The van der Waals surface area contributed by atoms with Gasteiger partial charge in [-0.25, -0.2) is 9.48 Å². The number of esters is 1. The molecule has 0 radical (unpaired) electrons. The quantitative estimate of drug-likeness (QED) is 0.347. The predicted molar refractivity (Wildman–Crippen MR) is 124 cm³/mol. The Morgan fingerprint density at radius 2 is 1.61 bits per heavy atom. The van der Waals surface area contributed by atoms with Gasteiger partial charge >= 0.3 is 11.7 Å². The van der Waals surface area contributed by atoms with Gasteiger partial charge in [-0.05, 0) is 24.3 Å². The van der Waals surface area contributed by atoms with Crippen LogP contribution in [0.1, 0.15) is 12.0 Å². The fourth-order valence-electron chi connectivity index (χ4n) is 3.73. The van der Waals surface area contributed by atoms with Crippen LogP contribution >= 0.6 is 0 Å². The molecule has 2 heterocycles. The van der Waals surface area contributed by atoms with Gasteiger partial charge in [-0.3, -0.25) is 9.36 Å². The Kier molecular flexibility index (Phi) is 5.59. The molecule has 0 saturated heterocycles. The standard InChI is InChI=1S/C26H21N3O4/c30-24(15-16-28-22-13-7-8-14-23(22)33-26(28)31)32-18-20-17-29(21-11-5-2-6-12-21)27-25(20)19-9-3-1-4-10-19/h1-14,17H,15-16,18H2. The lowest BCUT2D eigenvalue weighted by molar-refractivity contribution is -0.145. The lowest BCUT2D eigenvalue weighted by atomic mass is 10.1. The summed E-state index contributed by atoms with van der Waals surface area (Å²) in [5.41, 5.74) is 4.56. The fraction of sp³-hybridized carbons (Fsp3) is 0.115. The molecule has 0 spiro atoms. The number of oxazole rings is 1. The second-order valence-corrected chi connectivity index (χ2v) is 7.55. The number of carbonyl (C=O) groups excluding carboxylic acids is 1. The molecule has 0 N–H and O–H groups in total. The lowest BCUT2D eigenvalue weighted by Crippen LogP contribution is -2.17. The monoisotopic (exact) mass is 439 g/mol. The predicted octanol–water partition coefficient (Wildman–Crippen LogP) is 4.58. The van der Waals surface area contributed by atoms with E-state index in [0.29, 0.717) is 11.1 Å². The summed E-state index contributed by atoms with van der Waals surface area (Å²) in [5, 5.41) is 4.73. The minimum atomic E-state index is -0.487. The van der Waals surface area contributed by atoms with Crippen LogP contribution in [0.4, 0.5) is 0 Å². The van der Waals surface area contributed by atoms with Crippen LogP contribution in [0, 0.1) is 0 Å². The summed E-state index contributed by atoms with van der Waals surface area (Å²) in [5.74, 6) is -0.891. The van der Waals surface area contributed by atoms with Gasteiger partial charge in [-0.15, -0.1) is 0 Å². The van der Waals surface area contributed by atoms with Gasteiger partial charge < -0.3 is 9.15 Å². The molecule has 0 bridgehead atoms. The molecule has 0 fully saturated rings. The van der Waals surface area contributed by atoms with E-state index in [1.165, 1.54) is 4.57 Å². The maximum atomic E-state index is 12.5. The SMILES string of the molecule is O=C(CCn1c(=O)oc2ccccc21)OCc1cn(-c2ccccc2)nc1-c1ccccc1. The third-order valence-electron chi connectivity index (χ3n) is 5.36. The van der Waals surface area contributed by atoms with Crippen LogP contribution in [-0.4, -0.2) is 20.3 Å². The van der Waals surface area contributed by atoms with Crippen molar-refractivity contribution in [2.75, 3.05) is 0 Å². The molecule has 0 unspecified atom stereocenters. The molecule has 5 aromatic rings. The molecule has 33 heavy (non-hydrogen) atoms. The summed E-state index contributed by atoms with van der Waals surface area (Å²) in [4.78, 5) is 24.6. The van der Waals surface area contributed by atoms with Gasteiger partial charge in [0.1, 0.15) is 6.61 Å². The van der Waals surface area contributed by atoms with E-state index >= 15 is 0 Å². The van der Waals surface area contributed by atoms with Crippen molar-refractivity contribution in [3.63, 3.8) is 0 Å². The molecule has 2 aromatic heterocycles. The highest BCUT2D eigenvalue weighted by Gasteiger charge is 2.15. The largest absolute Gasteiger partial charge is 0.461 e. The second-order valence-electron chi connectivity index (χ2n) is 7.55.